The van der Waals surface area contributed by atoms with Crippen molar-refractivity contribution >= 4 is 11.7 Å². The highest BCUT2D eigenvalue weighted by molar-refractivity contribution is 5.91. The third kappa shape index (κ3) is 6.57. The molecular formula is C5H5F6N3O. The number of hydrogen-bond acceptors (Lipinski definition) is 2. The molecule has 4 nitrogen and oxygen atoms in total. The van der Waals surface area contributed by atoms with Gasteiger partial charge in [-0.2, -0.15) is 31.4 Å². The van der Waals surface area contributed by atoms with E-state index in [1.54, 1.807) is 0 Å². The van der Waals surface area contributed by atoms with Crippen LogP contribution in [0.4, 0.5) is 31.1 Å². The lowest BCUT2D eigenvalue weighted by atomic mass is 10.2. The number of primary amides is 1. The maximum atomic E-state index is 11.9. The van der Waals surface area contributed by atoms with Crippen molar-refractivity contribution in [3.05, 3.63) is 0 Å². The molecule has 0 atom stereocenters. The molecule has 0 bridgehead atoms. The highest BCUT2D eigenvalue weighted by Gasteiger charge is 2.43. The van der Waals surface area contributed by atoms with E-state index in [1.165, 1.54) is 0 Å². The van der Waals surface area contributed by atoms with E-state index in [-0.39, 0.29) is 0 Å². The summed E-state index contributed by atoms with van der Waals surface area (Å²) in [5.74, 6) is 0. The van der Waals surface area contributed by atoms with E-state index in [0.717, 1.165) is 5.43 Å². The van der Waals surface area contributed by atoms with E-state index in [1.807, 2.05) is 0 Å². The molecule has 15 heavy (non-hydrogen) atoms. The van der Waals surface area contributed by atoms with Gasteiger partial charge in [0, 0.05) is 0 Å². The second-order valence-electron chi connectivity index (χ2n) is 2.32. The van der Waals surface area contributed by atoms with E-state index < -0.39 is 30.5 Å². The lowest BCUT2D eigenvalue weighted by molar-refractivity contribution is -0.131. The maximum absolute atomic E-state index is 11.9. The Morgan fingerprint density at radius 2 is 1.67 bits per heavy atom. The SMILES string of the molecule is NC(=O)NN=C(CC(F)(F)F)C(F)(F)F. The molecule has 10 heteroatoms. The van der Waals surface area contributed by atoms with Gasteiger partial charge in [0.2, 0.25) is 0 Å². The third-order valence-electron chi connectivity index (χ3n) is 0.996. The Morgan fingerprint density at radius 1 is 1.20 bits per heavy atom. The lowest BCUT2D eigenvalue weighted by Crippen LogP contribution is -2.33. The zero-order valence-corrected chi connectivity index (χ0v) is 6.91. The van der Waals surface area contributed by atoms with Crippen molar-refractivity contribution in [3.8, 4) is 0 Å². The number of nitrogens with two attached hydrogens (primary N) is 1. The van der Waals surface area contributed by atoms with Crippen molar-refractivity contribution in [3.63, 3.8) is 0 Å². The number of carbonyl (C=O) groups is 1. The first-order valence-corrected chi connectivity index (χ1v) is 3.28. The molecular weight excluding hydrogens is 232 g/mol. The monoisotopic (exact) mass is 237 g/mol. The van der Waals surface area contributed by atoms with Gasteiger partial charge in [-0.3, -0.25) is 0 Å². The van der Waals surface area contributed by atoms with Crippen molar-refractivity contribution in [2.75, 3.05) is 0 Å². The summed E-state index contributed by atoms with van der Waals surface area (Å²) in [6.45, 7) is 0. The number of rotatable bonds is 2. The zero-order chi connectivity index (χ0) is 12.3. The molecule has 0 rings (SSSR count). The lowest BCUT2D eigenvalue weighted by Gasteiger charge is -2.12. The standard InChI is InChI=1S/C5H5F6N3O/c6-4(7,8)1-2(5(9,10)11)13-14-3(12)15/h1H2,(H3,12,14,15). The van der Waals surface area contributed by atoms with E-state index in [0.29, 0.717) is 0 Å². The molecule has 0 spiro atoms. The first kappa shape index (κ1) is 13.5. The molecule has 0 aliphatic carbocycles. The van der Waals surface area contributed by atoms with E-state index in [2.05, 4.69) is 10.8 Å². The molecule has 2 amide bonds. The van der Waals surface area contributed by atoms with Crippen LogP contribution in [0.25, 0.3) is 0 Å². The summed E-state index contributed by atoms with van der Waals surface area (Å²) >= 11 is 0. The normalized spacial score (nSPS) is 13.9. The summed E-state index contributed by atoms with van der Waals surface area (Å²) in [5.41, 5.74) is 3.25. The number of nitrogens with one attached hydrogen (secondary N) is 1. The minimum Gasteiger partial charge on any atom is -0.350 e. The largest absolute Gasteiger partial charge is 0.431 e. The van der Waals surface area contributed by atoms with Crippen LogP contribution in [-0.4, -0.2) is 24.1 Å². The average molecular weight is 237 g/mol. The van der Waals surface area contributed by atoms with Gasteiger partial charge in [-0.15, -0.1) is 0 Å². The summed E-state index contributed by atoms with van der Waals surface area (Å²) in [5, 5.41) is 2.23. The summed E-state index contributed by atoms with van der Waals surface area (Å²) in [4.78, 5) is 9.95. The van der Waals surface area contributed by atoms with Gasteiger partial charge < -0.3 is 5.73 Å². The van der Waals surface area contributed by atoms with Gasteiger partial charge >= 0.3 is 18.4 Å². The fourth-order valence-electron chi connectivity index (χ4n) is 0.516. The van der Waals surface area contributed by atoms with Gasteiger partial charge in [-0.05, 0) is 0 Å². The Labute approximate surface area is 79.1 Å². The highest BCUT2D eigenvalue weighted by atomic mass is 19.4. The van der Waals surface area contributed by atoms with Gasteiger partial charge in [-0.25, -0.2) is 10.2 Å². The number of nitrogens with zero attached hydrogens (tertiary/aromatic N) is 1. The molecule has 0 aromatic carbocycles. The molecule has 0 aromatic heterocycles. The van der Waals surface area contributed by atoms with E-state index in [4.69, 9.17) is 0 Å². The van der Waals surface area contributed by atoms with E-state index in [9.17, 15) is 31.1 Å². The molecule has 0 saturated carbocycles. The van der Waals surface area contributed by atoms with Gasteiger partial charge in [-0.1, -0.05) is 0 Å². The van der Waals surface area contributed by atoms with Gasteiger partial charge in [0.05, 0.1) is 6.42 Å². The number of alkyl halides is 6. The topological polar surface area (TPSA) is 67.5 Å². The number of hydrogen-bond donors (Lipinski definition) is 2. The Hall–Kier alpha value is -1.48. The average Bonchev–Trinajstić information content (AvgIpc) is 1.93. The van der Waals surface area contributed by atoms with Crippen LogP contribution in [0.3, 0.4) is 0 Å². The van der Waals surface area contributed by atoms with Crippen molar-refractivity contribution < 1.29 is 31.1 Å². The van der Waals surface area contributed by atoms with Gasteiger partial charge in [0.25, 0.3) is 0 Å². The van der Waals surface area contributed by atoms with Crippen LogP contribution < -0.4 is 11.2 Å². The van der Waals surface area contributed by atoms with Gasteiger partial charge in [0.15, 0.2) is 5.71 Å². The first-order valence-electron chi connectivity index (χ1n) is 3.28. The number of urea groups is 1. The minimum atomic E-state index is -5.28. The second-order valence-corrected chi connectivity index (χ2v) is 2.32. The van der Waals surface area contributed by atoms with Crippen LogP contribution in [0.15, 0.2) is 5.10 Å². The summed E-state index contributed by atoms with van der Waals surface area (Å²) in [7, 11) is 0. The molecule has 0 aliphatic heterocycles. The summed E-state index contributed by atoms with van der Waals surface area (Å²) in [6.07, 6.45) is -12.7. The molecule has 0 fully saturated rings. The van der Waals surface area contributed by atoms with Crippen LogP contribution in [-0.2, 0) is 0 Å². The summed E-state index contributed by atoms with van der Waals surface area (Å²) in [6, 6.07) is -1.49. The quantitative estimate of drug-likeness (QED) is 0.426. The molecule has 0 saturated heterocycles. The zero-order valence-electron chi connectivity index (χ0n) is 6.91. The Morgan fingerprint density at radius 3 is 1.93 bits per heavy atom. The molecule has 0 heterocycles. The molecule has 0 aliphatic rings. The predicted octanol–water partition coefficient (Wildman–Crippen LogP) is 1.53. The van der Waals surface area contributed by atoms with Crippen molar-refractivity contribution in [1.29, 1.82) is 0 Å². The highest BCUT2D eigenvalue weighted by Crippen LogP contribution is 2.27. The maximum Gasteiger partial charge on any atom is 0.431 e. The van der Waals surface area contributed by atoms with Crippen LogP contribution >= 0.6 is 0 Å². The van der Waals surface area contributed by atoms with Crippen LogP contribution in [0, 0.1) is 0 Å². The van der Waals surface area contributed by atoms with Crippen molar-refractivity contribution in [1.82, 2.24) is 5.43 Å². The third-order valence-corrected chi connectivity index (χ3v) is 0.996. The Bertz CT molecular complexity index is 267. The van der Waals surface area contributed by atoms with Crippen LogP contribution in [0.1, 0.15) is 6.42 Å². The van der Waals surface area contributed by atoms with Crippen LogP contribution in [0.5, 0.6) is 0 Å². The molecule has 0 aromatic rings. The fraction of sp³-hybridized carbons (Fsp3) is 0.600. The molecule has 0 radical (unpaired) electrons. The number of amides is 2. The van der Waals surface area contributed by atoms with Crippen molar-refractivity contribution in [2.24, 2.45) is 10.8 Å². The number of carbonyl (C=O) groups excluding carboxylic acids is 1. The smallest absolute Gasteiger partial charge is 0.350 e. The van der Waals surface area contributed by atoms with Gasteiger partial charge in [0.1, 0.15) is 0 Å². The summed E-state index contributed by atoms with van der Waals surface area (Å²) < 4.78 is 70.5. The minimum absolute atomic E-state index is 1.08. The fourth-order valence-corrected chi connectivity index (χ4v) is 0.516. The number of halogens is 6. The molecule has 3 N–H and O–H groups in total. The van der Waals surface area contributed by atoms with E-state index >= 15 is 0 Å². The second kappa shape index (κ2) is 4.36. The Kier molecular flexibility index (Phi) is 3.93. The van der Waals surface area contributed by atoms with Crippen LogP contribution in [0.2, 0.25) is 0 Å². The number of hydrazone groups is 1. The van der Waals surface area contributed by atoms with Crippen molar-refractivity contribution in [2.45, 2.75) is 18.8 Å². The molecule has 0 unspecified atom stereocenters. The Balaban J connectivity index is 4.75. The first-order chi connectivity index (χ1) is 6.52. The predicted molar refractivity (Wildman–Crippen MR) is 36.9 cm³/mol. The molecule has 88 valence electrons.